The van der Waals surface area contributed by atoms with Crippen LogP contribution in [0, 0.1) is 11.8 Å². The summed E-state index contributed by atoms with van der Waals surface area (Å²) in [5.74, 6) is 7.28. The largest absolute Gasteiger partial charge is 0.496 e. The molecule has 0 aliphatic carbocycles. The zero-order valence-electron chi connectivity index (χ0n) is 13.7. The van der Waals surface area contributed by atoms with Crippen molar-refractivity contribution < 1.29 is 19.0 Å². The van der Waals surface area contributed by atoms with Crippen molar-refractivity contribution >= 4 is 5.91 Å². The average Bonchev–Trinajstić information content (AvgIpc) is 2.64. The Balaban J connectivity index is 1.81. The summed E-state index contributed by atoms with van der Waals surface area (Å²) >= 11 is 0. The maximum absolute atomic E-state index is 12.1. The Labute approximate surface area is 141 Å². The molecular weight excluding hydrogens is 306 g/mol. The fourth-order valence-electron chi connectivity index (χ4n) is 2.02. The van der Waals surface area contributed by atoms with Gasteiger partial charge in [0.05, 0.1) is 26.3 Å². The lowest BCUT2D eigenvalue weighted by molar-refractivity contribution is 0.0955. The number of amides is 1. The molecule has 5 heteroatoms. The minimum Gasteiger partial charge on any atom is -0.496 e. The van der Waals surface area contributed by atoms with Crippen LogP contribution in [0.2, 0.25) is 0 Å². The SMILES string of the molecule is COc1ccccc1OCC#CCNC(=O)c1ccccc1OC. The fraction of sp³-hybridized carbons (Fsp3) is 0.211. The minimum atomic E-state index is -0.229. The number of methoxy groups -OCH3 is 2. The molecule has 2 aromatic rings. The third kappa shape index (κ3) is 4.68. The van der Waals surface area contributed by atoms with Gasteiger partial charge in [0, 0.05) is 0 Å². The van der Waals surface area contributed by atoms with Crippen LogP contribution in [0.3, 0.4) is 0 Å². The van der Waals surface area contributed by atoms with Gasteiger partial charge in [-0.25, -0.2) is 0 Å². The van der Waals surface area contributed by atoms with Crippen molar-refractivity contribution in [1.29, 1.82) is 0 Å². The Kier molecular flexibility index (Phi) is 6.54. The van der Waals surface area contributed by atoms with Crippen molar-refractivity contribution in [1.82, 2.24) is 5.32 Å². The van der Waals surface area contributed by atoms with E-state index in [4.69, 9.17) is 14.2 Å². The summed E-state index contributed by atoms with van der Waals surface area (Å²) in [7, 11) is 3.11. The van der Waals surface area contributed by atoms with E-state index in [9.17, 15) is 4.79 Å². The maximum Gasteiger partial charge on any atom is 0.255 e. The minimum absolute atomic E-state index is 0.213. The van der Waals surface area contributed by atoms with E-state index in [-0.39, 0.29) is 19.1 Å². The third-order valence-corrected chi connectivity index (χ3v) is 3.18. The van der Waals surface area contributed by atoms with Gasteiger partial charge in [-0.3, -0.25) is 4.79 Å². The van der Waals surface area contributed by atoms with Crippen LogP contribution in [0.25, 0.3) is 0 Å². The number of carbonyl (C=O) groups is 1. The lowest BCUT2D eigenvalue weighted by atomic mass is 10.2. The molecule has 0 heterocycles. The second-order valence-corrected chi connectivity index (χ2v) is 4.68. The van der Waals surface area contributed by atoms with E-state index in [1.807, 2.05) is 30.3 Å². The Morgan fingerprint density at radius 2 is 1.54 bits per heavy atom. The van der Waals surface area contributed by atoms with E-state index in [0.29, 0.717) is 22.8 Å². The van der Waals surface area contributed by atoms with Gasteiger partial charge < -0.3 is 19.5 Å². The van der Waals surface area contributed by atoms with Gasteiger partial charge in [0.1, 0.15) is 12.4 Å². The fourth-order valence-corrected chi connectivity index (χ4v) is 2.02. The first-order valence-electron chi connectivity index (χ1n) is 7.39. The summed E-state index contributed by atoms with van der Waals surface area (Å²) in [5, 5.41) is 2.72. The van der Waals surface area contributed by atoms with Crippen molar-refractivity contribution in [3.05, 3.63) is 54.1 Å². The molecule has 0 saturated heterocycles. The number of carbonyl (C=O) groups excluding carboxylic acids is 1. The number of nitrogens with one attached hydrogen (secondary N) is 1. The lowest BCUT2D eigenvalue weighted by Crippen LogP contribution is -2.24. The van der Waals surface area contributed by atoms with E-state index < -0.39 is 0 Å². The first kappa shape index (κ1) is 17.2. The number of para-hydroxylation sites is 3. The molecule has 124 valence electrons. The first-order valence-corrected chi connectivity index (χ1v) is 7.39. The topological polar surface area (TPSA) is 56.8 Å². The maximum atomic E-state index is 12.1. The van der Waals surface area contributed by atoms with Crippen molar-refractivity contribution in [2.24, 2.45) is 0 Å². The van der Waals surface area contributed by atoms with Crippen molar-refractivity contribution in [3.63, 3.8) is 0 Å². The summed E-state index contributed by atoms with van der Waals surface area (Å²) in [6.07, 6.45) is 0. The van der Waals surface area contributed by atoms with E-state index in [0.717, 1.165) is 0 Å². The highest BCUT2D eigenvalue weighted by atomic mass is 16.5. The van der Waals surface area contributed by atoms with Gasteiger partial charge in [-0.05, 0) is 24.3 Å². The quantitative estimate of drug-likeness (QED) is 0.829. The summed E-state index contributed by atoms with van der Waals surface area (Å²) in [6.45, 7) is 0.442. The normalized spacial score (nSPS) is 9.42. The molecule has 2 rings (SSSR count). The van der Waals surface area contributed by atoms with E-state index in [1.165, 1.54) is 7.11 Å². The molecule has 0 bridgehead atoms. The molecule has 0 aromatic heterocycles. The van der Waals surface area contributed by atoms with Crippen LogP contribution in [0.5, 0.6) is 17.2 Å². The summed E-state index contributed by atoms with van der Waals surface area (Å²) in [4.78, 5) is 12.1. The van der Waals surface area contributed by atoms with Gasteiger partial charge in [0.2, 0.25) is 0 Å². The Bertz CT molecular complexity index is 746. The van der Waals surface area contributed by atoms with Crippen LogP contribution >= 0.6 is 0 Å². The second kappa shape index (κ2) is 9.11. The number of benzene rings is 2. The van der Waals surface area contributed by atoms with Crippen molar-refractivity contribution in [2.45, 2.75) is 0 Å². The van der Waals surface area contributed by atoms with Crippen molar-refractivity contribution in [2.75, 3.05) is 27.4 Å². The smallest absolute Gasteiger partial charge is 0.255 e. The Hall–Kier alpha value is -3.13. The van der Waals surface area contributed by atoms with Crippen LogP contribution in [0.15, 0.2) is 48.5 Å². The van der Waals surface area contributed by atoms with Crippen molar-refractivity contribution in [3.8, 4) is 29.1 Å². The molecule has 5 nitrogen and oxygen atoms in total. The van der Waals surface area contributed by atoms with Crippen LogP contribution in [0.4, 0.5) is 0 Å². The molecule has 1 N–H and O–H groups in total. The zero-order chi connectivity index (χ0) is 17.2. The summed E-state index contributed by atoms with van der Waals surface area (Å²) < 4.78 is 15.9. The molecule has 0 aliphatic heterocycles. The van der Waals surface area contributed by atoms with E-state index >= 15 is 0 Å². The molecule has 0 radical (unpaired) electrons. The van der Waals surface area contributed by atoms with E-state index in [1.54, 1.807) is 25.3 Å². The molecule has 0 aliphatic rings. The first-order chi connectivity index (χ1) is 11.8. The average molecular weight is 325 g/mol. The third-order valence-electron chi connectivity index (χ3n) is 3.18. The molecular formula is C19H19NO4. The van der Waals surface area contributed by atoms with Crippen LogP contribution < -0.4 is 19.5 Å². The predicted octanol–water partition coefficient (Wildman–Crippen LogP) is 2.52. The van der Waals surface area contributed by atoms with Crippen LogP contribution in [-0.2, 0) is 0 Å². The number of hydrogen-bond acceptors (Lipinski definition) is 4. The van der Waals surface area contributed by atoms with Gasteiger partial charge in [-0.1, -0.05) is 36.1 Å². The molecule has 24 heavy (non-hydrogen) atoms. The molecule has 0 unspecified atom stereocenters. The zero-order valence-corrected chi connectivity index (χ0v) is 13.7. The molecule has 0 spiro atoms. The highest BCUT2D eigenvalue weighted by Gasteiger charge is 2.09. The standard InChI is InChI=1S/C19H19NO4/c1-22-16-10-4-3-9-15(16)19(21)20-13-7-8-14-24-18-12-6-5-11-17(18)23-2/h3-6,9-12H,13-14H2,1-2H3,(H,20,21). The Morgan fingerprint density at radius 1 is 0.917 bits per heavy atom. The molecule has 2 aromatic carbocycles. The van der Waals surface area contributed by atoms with Gasteiger partial charge >= 0.3 is 0 Å². The predicted molar refractivity (Wildman–Crippen MR) is 91.6 cm³/mol. The number of ether oxygens (including phenoxy) is 3. The van der Waals surface area contributed by atoms with E-state index in [2.05, 4.69) is 17.2 Å². The molecule has 0 fully saturated rings. The van der Waals surface area contributed by atoms with Gasteiger partial charge in [-0.2, -0.15) is 0 Å². The monoisotopic (exact) mass is 325 g/mol. The van der Waals surface area contributed by atoms with Crippen LogP contribution in [0.1, 0.15) is 10.4 Å². The van der Waals surface area contributed by atoms with Gasteiger partial charge in [0.15, 0.2) is 11.5 Å². The lowest BCUT2D eigenvalue weighted by Gasteiger charge is -2.07. The summed E-state index contributed by atoms with van der Waals surface area (Å²) in [6, 6.07) is 14.4. The number of hydrogen-bond donors (Lipinski definition) is 1. The summed E-state index contributed by atoms with van der Waals surface area (Å²) in [5.41, 5.74) is 0.479. The number of rotatable bonds is 6. The highest BCUT2D eigenvalue weighted by molar-refractivity contribution is 5.97. The highest BCUT2D eigenvalue weighted by Crippen LogP contribution is 2.25. The van der Waals surface area contributed by atoms with Crippen LogP contribution in [-0.4, -0.2) is 33.3 Å². The second-order valence-electron chi connectivity index (χ2n) is 4.68. The van der Waals surface area contributed by atoms with Gasteiger partial charge in [-0.15, -0.1) is 0 Å². The molecule has 0 saturated carbocycles. The molecule has 1 amide bonds. The Morgan fingerprint density at radius 3 is 2.25 bits per heavy atom. The van der Waals surface area contributed by atoms with Gasteiger partial charge in [0.25, 0.3) is 5.91 Å². The molecule has 0 atom stereocenters.